The topological polar surface area (TPSA) is 76.8 Å². The average Bonchev–Trinajstić information content (AvgIpc) is 3.55. The molecule has 4 aromatic rings. The Kier molecular flexibility index (Phi) is 8.87. The second-order valence-corrected chi connectivity index (χ2v) is 10.6. The summed E-state index contributed by atoms with van der Waals surface area (Å²) in [6.45, 7) is 10.5. The fourth-order valence-corrected chi connectivity index (χ4v) is 5.83. The summed E-state index contributed by atoms with van der Waals surface area (Å²) in [6, 6.07) is 15.7. The fraction of sp³-hybridized carbons (Fsp3) is 0.400. The molecule has 0 spiro atoms. The van der Waals surface area contributed by atoms with Crippen molar-refractivity contribution in [1.82, 2.24) is 14.5 Å². The molecule has 7 nitrogen and oxygen atoms in total. The summed E-state index contributed by atoms with van der Waals surface area (Å²) in [7, 11) is 1.59. The first-order chi connectivity index (χ1) is 18.4. The van der Waals surface area contributed by atoms with Crippen molar-refractivity contribution in [3.8, 4) is 27.6 Å². The molecule has 1 atom stereocenters. The third kappa shape index (κ3) is 5.62. The molecule has 1 unspecified atom stereocenters. The molecule has 5 rings (SSSR count). The third-order valence-corrected chi connectivity index (χ3v) is 8.23. The number of aromatic nitrogens is 2. The minimum absolute atomic E-state index is 0.114. The van der Waals surface area contributed by atoms with E-state index in [9.17, 15) is 9.90 Å². The number of fused-ring (bicyclic) bond motifs is 1. The quantitative estimate of drug-likeness (QED) is 0.313. The first-order valence-electron chi connectivity index (χ1n) is 13.2. The maximum Gasteiger partial charge on any atom is 0.275 e. The van der Waals surface area contributed by atoms with Crippen LogP contribution in [-0.4, -0.2) is 58.5 Å². The highest BCUT2D eigenvalue weighted by atomic mass is 32.1. The molecule has 0 saturated carbocycles. The van der Waals surface area contributed by atoms with Crippen LogP contribution in [0.3, 0.4) is 0 Å². The van der Waals surface area contributed by atoms with Crippen LogP contribution >= 0.6 is 11.3 Å². The zero-order chi connectivity index (χ0) is 27.3. The van der Waals surface area contributed by atoms with Crippen LogP contribution in [-0.2, 0) is 0 Å². The number of aliphatic hydroxyl groups excluding tert-OH is 1. The maximum atomic E-state index is 13.4. The molecule has 1 fully saturated rings. The number of hydrogen-bond acceptors (Lipinski definition) is 7. The van der Waals surface area contributed by atoms with Crippen LogP contribution in [0.25, 0.3) is 26.3 Å². The van der Waals surface area contributed by atoms with E-state index in [1.165, 1.54) is 16.9 Å². The van der Waals surface area contributed by atoms with Crippen molar-refractivity contribution in [3.63, 3.8) is 0 Å². The molecular formula is C30H37N3O4S. The van der Waals surface area contributed by atoms with Gasteiger partial charge in [-0.2, -0.15) is 0 Å². The van der Waals surface area contributed by atoms with E-state index in [1.807, 2.05) is 32.0 Å². The predicted octanol–water partition coefficient (Wildman–Crippen LogP) is 5.68. The number of thiophene rings is 1. The van der Waals surface area contributed by atoms with Crippen LogP contribution < -0.4 is 15.0 Å². The normalized spacial score (nSPS) is 17.3. The van der Waals surface area contributed by atoms with Crippen molar-refractivity contribution < 1.29 is 14.6 Å². The first-order valence-corrected chi connectivity index (χ1v) is 14.0. The SMILES string of the molecule is CC.COc1cc(-n2cnc3cc(-c4ccc(C)cc4)sc3c2=O)ccc1OCCN1CCCC1(C)CO. The van der Waals surface area contributed by atoms with Crippen molar-refractivity contribution in [3.05, 3.63) is 70.8 Å². The lowest BCUT2D eigenvalue weighted by Gasteiger charge is -2.33. The van der Waals surface area contributed by atoms with Crippen molar-refractivity contribution in [1.29, 1.82) is 0 Å². The largest absolute Gasteiger partial charge is 0.493 e. The number of aliphatic hydroxyl groups is 1. The van der Waals surface area contributed by atoms with Crippen molar-refractivity contribution in [2.45, 2.75) is 46.1 Å². The Morgan fingerprint density at radius 2 is 1.87 bits per heavy atom. The Bertz CT molecular complexity index is 1430. The molecule has 1 aliphatic heterocycles. The second kappa shape index (κ2) is 12.1. The molecule has 2 aromatic carbocycles. The highest BCUT2D eigenvalue weighted by molar-refractivity contribution is 7.22. The Hall–Kier alpha value is -3.20. The Balaban J connectivity index is 0.00000164. The third-order valence-electron chi connectivity index (χ3n) is 7.07. The number of hydrogen-bond donors (Lipinski definition) is 1. The number of nitrogens with zero attached hydrogens (tertiary/aromatic N) is 3. The molecule has 202 valence electrons. The van der Waals surface area contributed by atoms with E-state index in [-0.39, 0.29) is 17.7 Å². The Morgan fingerprint density at radius 1 is 1.11 bits per heavy atom. The number of methoxy groups -OCH3 is 1. The summed E-state index contributed by atoms with van der Waals surface area (Å²) in [4.78, 5) is 21.2. The number of rotatable bonds is 8. The molecule has 3 heterocycles. The van der Waals surface area contributed by atoms with Gasteiger partial charge in [0, 0.05) is 23.0 Å². The van der Waals surface area contributed by atoms with Crippen LogP contribution in [0.5, 0.6) is 11.5 Å². The number of likely N-dealkylation sites (tertiary alicyclic amines) is 1. The smallest absolute Gasteiger partial charge is 0.275 e. The van der Waals surface area contributed by atoms with Gasteiger partial charge in [0.1, 0.15) is 17.6 Å². The van der Waals surface area contributed by atoms with Crippen LogP contribution in [0, 0.1) is 6.92 Å². The molecule has 0 amide bonds. The summed E-state index contributed by atoms with van der Waals surface area (Å²) in [6.07, 6.45) is 3.64. The number of benzene rings is 2. The molecule has 8 heteroatoms. The van der Waals surface area contributed by atoms with Gasteiger partial charge in [-0.15, -0.1) is 11.3 Å². The maximum absolute atomic E-state index is 13.4. The standard InChI is InChI=1S/C28H31N3O4S.C2H6/c1-19-5-7-20(8-6-19)25-16-22-26(36-25)27(33)31(18-29-22)21-9-10-23(24(15-21)34-3)35-14-13-30-12-4-11-28(30,2)17-32;1-2/h5-10,15-16,18,32H,4,11-14,17H2,1-3H3;1-2H3. The molecular weight excluding hydrogens is 498 g/mol. The fourth-order valence-electron chi connectivity index (χ4n) is 4.79. The summed E-state index contributed by atoms with van der Waals surface area (Å²) < 4.78 is 13.8. The minimum Gasteiger partial charge on any atom is -0.493 e. The van der Waals surface area contributed by atoms with E-state index in [1.54, 1.807) is 24.1 Å². The van der Waals surface area contributed by atoms with Gasteiger partial charge in [-0.3, -0.25) is 14.3 Å². The van der Waals surface area contributed by atoms with E-state index in [4.69, 9.17) is 9.47 Å². The lowest BCUT2D eigenvalue weighted by molar-refractivity contribution is 0.0675. The van der Waals surface area contributed by atoms with Crippen LogP contribution in [0.15, 0.2) is 59.7 Å². The van der Waals surface area contributed by atoms with Gasteiger partial charge in [0.05, 0.1) is 24.9 Å². The molecule has 0 radical (unpaired) electrons. The van der Waals surface area contributed by atoms with Gasteiger partial charge in [0.15, 0.2) is 11.5 Å². The van der Waals surface area contributed by atoms with Gasteiger partial charge in [-0.05, 0) is 57.0 Å². The predicted molar refractivity (Wildman–Crippen MR) is 155 cm³/mol. The summed E-state index contributed by atoms with van der Waals surface area (Å²) in [5.41, 5.74) is 3.34. The van der Waals surface area contributed by atoms with Crippen LogP contribution in [0.1, 0.15) is 39.2 Å². The van der Waals surface area contributed by atoms with Gasteiger partial charge in [-0.25, -0.2) is 4.98 Å². The highest BCUT2D eigenvalue weighted by Gasteiger charge is 2.35. The highest BCUT2D eigenvalue weighted by Crippen LogP contribution is 2.33. The van der Waals surface area contributed by atoms with E-state index < -0.39 is 0 Å². The van der Waals surface area contributed by atoms with Crippen molar-refractivity contribution >= 4 is 21.6 Å². The van der Waals surface area contributed by atoms with Gasteiger partial charge >= 0.3 is 0 Å². The van der Waals surface area contributed by atoms with Crippen LogP contribution in [0.4, 0.5) is 0 Å². The zero-order valence-corrected chi connectivity index (χ0v) is 23.7. The lowest BCUT2D eigenvalue weighted by Crippen LogP contribution is -2.45. The lowest BCUT2D eigenvalue weighted by atomic mass is 10.0. The van der Waals surface area contributed by atoms with E-state index in [0.717, 1.165) is 36.4 Å². The Morgan fingerprint density at radius 3 is 2.58 bits per heavy atom. The molecule has 2 aromatic heterocycles. The summed E-state index contributed by atoms with van der Waals surface area (Å²) in [5, 5.41) is 9.76. The average molecular weight is 536 g/mol. The van der Waals surface area contributed by atoms with E-state index in [2.05, 4.69) is 48.0 Å². The van der Waals surface area contributed by atoms with Crippen molar-refractivity contribution in [2.75, 3.05) is 33.4 Å². The van der Waals surface area contributed by atoms with Crippen molar-refractivity contribution in [2.24, 2.45) is 0 Å². The molecule has 0 bridgehead atoms. The minimum atomic E-state index is -0.175. The Labute approximate surface area is 228 Å². The number of aryl methyl sites for hydroxylation is 1. The molecule has 1 aliphatic rings. The first kappa shape index (κ1) is 27.8. The molecule has 38 heavy (non-hydrogen) atoms. The van der Waals surface area contributed by atoms with Crippen LogP contribution in [0.2, 0.25) is 0 Å². The zero-order valence-electron chi connectivity index (χ0n) is 22.9. The molecule has 1 saturated heterocycles. The summed E-state index contributed by atoms with van der Waals surface area (Å²) >= 11 is 1.46. The van der Waals surface area contributed by atoms with Gasteiger partial charge < -0.3 is 14.6 Å². The summed E-state index contributed by atoms with van der Waals surface area (Å²) in [5.74, 6) is 1.17. The number of ether oxygens (including phenoxy) is 2. The van der Waals surface area contributed by atoms with Gasteiger partial charge in [-0.1, -0.05) is 43.7 Å². The van der Waals surface area contributed by atoms with Gasteiger partial charge in [0.25, 0.3) is 5.56 Å². The monoisotopic (exact) mass is 535 g/mol. The molecule has 0 aliphatic carbocycles. The second-order valence-electron chi connectivity index (χ2n) is 9.54. The molecule has 1 N–H and O–H groups in total. The van der Waals surface area contributed by atoms with E-state index in [0.29, 0.717) is 34.0 Å². The van der Waals surface area contributed by atoms with Gasteiger partial charge in [0.2, 0.25) is 0 Å². The van der Waals surface area contributed by atoms with E-state index >= 15 is 0 Å².